The Hall–Kier alpha value is -0.410. The van der Waals surface area contributed by atoms with E-state index in [4.69, 9.17) is 5.73 Å². The molecule has 3 heteroatoms. The molecule has 1 saturated carbocycles. The second kappa shape index (κ2) is 3.39. The summed E-state index contributed by atoms with van der Waals surface area (Å²) in [5.41, 5.74) is 7.12. The fraction of sp³-hybridized carbons (Fsp3) is 0.500. The lowest BCUT2D eigenvalue weighted by Crippen LogP contribution is -2.42. The van der Waals surface area contributed by atoms with E-state index in [0.717, 1.165) is 10.2 Å². The Bertz CT molecular complexity index is 302. The number of pyridine rings is 1. The highest BCUT2D eigenvalue weighted by Gasteiger charge is 2.39. The molecule has 0 saturated heterocycles. The van der Waals surface area contributed by atoms with Crippen LogP contribution in [-0.4, -0.2) is 11.5 Å². The molecule has 1 aromatic rings. The van der Waals surface area contributed by atoms with E-state index in [2.05, 4.69) is 20.9 Å². The fourth-order valence-electron chi connectivity index (χ4n) is 1.92. The second-order valence-corrected chi connectivity index (χ2v) is 4.53. The molecule has 1 heterocycles. The summed E-state index contributed by atoms with van der Waals surface area (Å²) in [6.45, 7) is 0.711. The highest BCUT2D eigenvalue weighted by molar-refractivity contribution is 9.10. The van der Waals surface area contributed by atoms with Gasteiger partial charge in [-0.1, -0.05) is 6.42 Å². The van der Waals surface area contributed by atoms with Crippen molar-refractivity contribution in [1.29, 1.82) is 0 Å². The molecule has 0 unspecified atom stereocenters. The number of nitrogens with zero attached hydrogens (tertiary/aromatic N) is 1. The molecule has 0 amide bonds. The Labute approximate surface area is 86.7 Å². The van der Waals surface area contributed by atoms with Gasteiger partial charge in [-0.15, -0.1) is 0 Å². The van der Waals surface area contributed by atoms with Gasteiger partial charge in [0.25, 0.3) is 0 Å². The van der Waals surface area contributed by atoms with Crippen LogP contribution in [0.3, 0.4) is 0 Å². The Morgan fingerprint density at radius 2 is 2.31 bits per heavy atom. The van der Waals surface area contributed by atoms with Crippen molar-refractivity contribution in [2.45, 2.75) is 24.7 Å². The molecule has 70 valence electrons. The third kappa shape index (κ3) is 1.40. The van der Waals surface area contributed by atoms with Gasteiger partial charge in [0.15, 0.2) is 0 Å². The SMILES string of the molecule is NCC1(c2ncccc2Br)CCC1. The highest BCUT2D eigenvalue weighted by Crippen LogP contribution is 2.44. The summed E-state index contributed by atoms with van der Waals surface area (Å²) < 4.78 is 1.10. The predicted octanol–water partition coefficient (Wildman–Crippen LogP) is 2.22. The molecular weight excluding hydrogens is 228 g/mol. The number of halogens is 1. The molecule has 0 aromatic carbocycles. The Kier molecular flexibility index (Phi) is 2.39. The smallest absolute Gasteiger partial charge is 0.0619 e. The van der Waals surface area contributed by atoms with Gasteiger partial charge in [0.05, 0.1) is 5.69 Å². The van der Waals surface area contributed by atoms with E-state index >= 15 is 0 Å². The maximum Gasteiger partial charge on any atom is 0.0619 e. The number of rotatable bonds is 2. The first-order valence-electron chi connectivity index (χ1n) is 4.60. The van der Waals surface area contributed by atoms with Crippen molar-refractivity contribution in [2.75, 3.05) is 6.54 Å². The van der Waals surface area contributed by atoms with Gasteiger partial charge in [-0.25, -0.2) is 0 Å². The fourth-order valence-corrected chi connectivity index (χ4v) is 2.59. The van der Waals surface area contributed by atoms with E-state index in [9.17, 15) is 0 Å². The van der Waals surface area contributed by atoms with Gasteiger partial charge in [0.1, 0.15) is 0 Å². The van der Waals surface area contributed by atoms with Crippen LogP contribution in [0.15, 0.2) is 22.8 Å². The first-order chi connectivity index (χ1) is 6.28. The molecule has 0 atom stereocenters. The first-order valence-corrected chi connectivity index (χ1v) is 5.39. The molecule has 2 rings (SSSR count). The van der Waals surface area contributed by atoms with Crippen LogP contribution in [0.5, 0.6) is 0 Å². The summed E-state index contributed by atoms with van der Waals surface area (Å²) in [5.74, 6) is 0. The molecule has 2 N–H and O–H groups in total. The standard InChI is InChI=1S/C10H13BrN2/c11-8-3-1-6-13-9(8)10(7-12)4-2-5-10/h1,3,6H,2,4-5,7,12H2. The summed E-state index contributed by atoms with van der Waals surface area (Å²) in [4.78, 5) is 4.42. The maximum absolute atomic E-state index is 5.81. The summed E-state index contributed by atoms with van der Waals surface area (Å²) in [6, 6.07) is 3.98. The van der Waals surface area contributed by atoms with E-state index in [0.29, 0.717) is 6.54 Å². The molecule has 1 fully saturated rings. The molecule has 1 aliphatic carbocycles. The van der Waals surface area contributed by atoms with Crippen molar-refractivity contribution in [3.05, 3.63) is 28.5 Å². The monoisotopic (exact) mass is 240 g/mol. The molecule has 0 aliphatic heterocycles. The molecular formula is C10H13BrN2. The zero-order valence-electron chi connectivity index (χ0n) is 7.46. The van der Waals surface area contributed by atoms with Gasteiger partial charge in [-0.3, -0.25) is 4.98 Å². The minimum Gasteiger partial charge on any atom is -0.330 e. The highest BCUT2D eigenvalue weighted by atomic mass is 79.9. The minimum atomic E-state index is 0.167. The van der Waals surface area contributed by atoms with E-state index in [1.807, 2.05) is 18.3 Å². The molecule has 13 heavy (non-hydrogen) atoms. The van der Waals surface area contributed by atoms with Crippen molar-refractivity contribution in [1.82, 2.24) is 4.98 Å². The van der Waals surface area contributed by atoms with E-state index in [1.165, 1.54) is 19.3 Å². The lowest BCUT2D eigenvalue weighted by atomic mass is 9.66. The van der Waals surface area contributed by atoms with Crippen LogP contribution in [0.4, 0.5) is 0 Å². The number of hydrogen-bond donors (Lipinski definition) is 1. The maximum atomic E-state index is 5.81. The van der Waals surface area contributed by atoms with Crippen LogP contribution in [0.2, 0.25) is 0 Å². The zero-order chi connectivity index (χ0) is 9.31. The predicted molar refractivity (Wildman–Crippen MR) is 56.5 cm³/mol. The molecule has 2 nitrogen and oxygen atoms in total. The summed E-state index contributed by atoms with van der Waals surface area (Å²) in [7, 11) is 0. The van der Waals surface area contributed by atoms with Crippen molar-refractivity contribution in [2.24, 2.45) is 5.73 Å². The van der Waals surface area contributed by atoms with Crippen LogP contribution >= 0.6 is 15.9 Å². The largest absolute Gasteiger partial charge is 0.330 e. The summed E-state index contributed by atoms with van der Waals surface area (Å²) >= 11 is 3.53. The lowest BCUT2D eigenvalue weighted by Gasteiger charge is -2.40. The van der Waals surface area contributed by atoms with E-state index in [-0.39, 0.29) is 5.41 Å². The third-order valence-corrected chi connectivity index (χ3v) is 3.60. The van der Waals surface area contributed by atoms with Gasteiger partial charge in [-0.05, 0) is 40.9 Å². The molecule has 1 aliphatic rings. The molecule has 1 aromatic heterocycles. The van der Waals surface area contributed by atoms with E-state index < -0.39 is 0 Å². The first kappa shape index (κ1) is 9.16. The molecule has 0 bridgehead atoms. The Morgan fingerprint density at radius 1 is 1.54 bits per heavy atom. The zero-order valence-corrected chi connectivity index (χ0v) is 9.05. The summed E-state index contributed by atoms with van der Waals surface area (Å²) in [6.07, 6.45) is 5.48. The average molecular weight is 241 g/mol. The topological polar surface area (TPSA) is 38.9 Å². The van der Waals surface area contributed by atoms with Crippen LogP contribution in [0.1, 0.15) is 25.0 Å². The van der Waals surface area contributed by atoms with Gasteiger partial charge < -0.3 is 5.73 Å². The molecule has 0 radical (unpaired) electrons. The van der Waals surface area contributed by atoms with Crippen molar-refractivity contribution in [3.8, 4) is 0 Å². The van der Waals surface area contributed by atoms with Crippen molar-refractivity contribution < 1.29 is 0 Å². The van der Waals surface area contributed by atoms with Gasteiger partial charge in [0, 0.05) is 22.6 Å². The Morgan fingerprint density at radius 3 is 2.77 bits per heavy atom. The van der Waals surface area contributed by atoms with Crippen LogP contribution in [-0.2, 0) is 5.41 Å². The van der Waals surface area contributed by atoms with Crippen molar-refractivity contribution >= 4 is 15.9 Å². The van der Waals surface area contributed by atoms with Gasteiger partial charge >= 0.3 is 0 Å². The Balaban J connectivity index is 2.38. The third-order valence-electron chi connectivity index (χ3n) is 2.96. The number of aromatic nitrogens is 1. The second-order valence-electron chi connectivity index (χ2n) is 3.67. The normalized spacial score (nSPS) is 19.5. The molecule has 0 spiro atoms. The van der Waals surface area contributed by atoms with Crippen molar-refractivity contribution in [3.63, 3.8) is 0 Å². The average Bonchev–Trinajstić information content (AvgIpc) is 2.07. The minimum absolute atomic E-state index is 0.167. The number of nitrogens with two attached hydrogens (primary N) is 1. The van der Waals surface area contributed by atoms with E-state index in [1.54, 1.807) is 0 Å². The van der Waals surface area contributed by atoms with Gasteiger partial charge in [-0.2, -0.15) is 0 Å². The van der Waals surface area contributed by atoms with Crippen LogP contribution in [0.25, 0.3) is 0 Å². The number of hydrogen-bond acceptors (Lipinski definition) is 2. The van der Waals surface area contributed by atoms with Gasteiger partial charge in [0.2, 0.25) is 0 Å². The van der Waals surface area contributed by atoms with Crippen LogP contribution in [0, 0.1) is 0 Å². The lowest BCUT2D eigenvalue weighted by molar-refractivity contribution is 0.244. The summed E-state index contributed by atoms with van der Waals surface area (Å²) in [5, 5.41) is 0. The van der Waals surface area contributed by atoms with Crippen LogP contribution < -0.4 is 5.73 Å². The quantitative estimate of drug-likeness (QED) is 0.862.